The topological polar surface area (TPSA) is 90.4 Å². The normalized spacial score (nSPS) is 15.4. The fraction of sp³-hybridized carbons (Fsp3) is 0.312. The summed E-state index contributed by atoms with van der Waals surface area (Å²) >= 11 is 0. The summed E-state index contributed by atoms with van der Waals surface area (Å²) in [5.74, 6) is -0.935. The number of carboxylic acid groups (broad SMARTS) is 1. The van der Waals surface area contributed by atoms with Crippen LogP contribution in [0.3, 0.4) is 0 Å². The third-order valence-corrected chi connectivity index (χ3v) is 3.94. The first-order chi connectivity index (χ1) is 11.1. The van der Waals surface area contributed by atoms with Crippen LogP contribution in [0.25, 0.3) is 11.5 Å². The number of nitriles is 1. The number of hydrogen-bond acceptors (Lipinski definition) is 5. The van der Waals surface area contributed by atoms with Crippen molar-refractivity contribution in [3.63, 3.8) is 0 Å². The molecule has 0 radical (unpaired) electrons. The van der Waals surface area contributed by atoms with Crippen molar-refractivity contribution in [1.29, 1.82) is 5.26 Å². The number of piperidine rings is 1. The second kappa shape index (κ2) is 6.08. The average molecular weight is 315 g/mol. The van der Waals surface area contributed by atoms with Crippen molar-refractivity contribution >= 4 is 11.9 Å². The van der Waals surface area contributed by atoms with Crippen LogP contribution < -0.4 is 4.90 Å². The van der Waals surface area contributed by atoms with Crippen molar-refractivity contribution in [3.05, 3.63) is 35.8 Å². The SMILES string of the molecule is N#Cc1nc(-c2ccc(F)cc2)oc1N1CCC(C(=O)O)CC1. The zero-order chi connectivity index (χ0) is 16.4. The number of carbonyl (C=O) groups is 1. The van der Waals surface area contributed by atoms with Crippen LogP contribution in [0.5, 0.6) is 0 Å². The third-order valence-electron chi connectivity index (χ3n) is 3.94. The Balaban J connectivity index is 1.84. The van der Waals surface area contributed by atoms with Gasteiger partial charge in [0.05, 0.1) is 5.92 Å². The number of halogens is 1. The minimum atomic E-state index is -0.797. The molecule has 0 bridgehead atoms. The van der Waals surface area contributed by atoms with Crippen molar-refractivity contribution in [1.82, 2.24) is 4.98 Å². The lowest BCUT2D eigenvalue weighted by molar-refractivity contribution is -0.142. The first kappa shape index (κ1) is 15.0. The molecule has 0 atom stereocenters. The van der Waals surface area contributed by atoms with Crippen molar-refractivity contribution < 1.29 is 18.7 Å². The molecule has 6 nitrogen and oxygen atoms in total. The maximum Gasteiger partial charge on any atom is 0.306 e. The molecule has 23 heavy (non-hydrogen) atoms. The lowest BCUT2D eigenvalue weighted by atomic mass is 9.97. The van der Waals surface area contributed by atoms with Gasteiger partial charge in [0, 0.05) is 18.7 Å². The number of anilines is 1. The summed E-state index contributed by atoms with van der Waals surface area (Å²) < 4.78 is 18.7. The zero-order valence-electron chi connectivity index (χ0n) is 12.2. The van der Waals surface area contributed by atoms with Gasteiger partial charge in [-0.25, -0.2) is 4.39 Å². The molecule has 1 saturated heterocycles. The van der Waals surface area contributed by atoms with Gasteiger partial charge in [-0.05, 0) is 37.1 Å². The molecule has 2 aromatic rings. The summed E-state index contributed by atoms with van der Waals surface area (Å²) in [6.45, 7) is 0.980. The van der Waals surface area contributed by atoms with Gasteiger partial charge in [0.25, 0.3) is 0 Å². The molecule has 0 unspecified atom stereocenters. The van der Waals surface area contributed by atoms with E-state index in [0.717, 1.165) is 0 Å². The lowest BCUT2D eigenvalue weighted by Crippen LogP contribution is -2.36. The van der Waals surface area contributed by atoms with Crippen molar-refractivity contribution in [2.75, 3.05) is 18.0 Å². The number of aromatic nitrogens is 1. The Bertz CT molecular complexity index is 756. The van der Waals surface area contributed by atoms with Gasteiger partial charge in [-0.2, -0.15) is 10.2 Å². The Morgan fingerprint density at radius 2 is 2.00 bits per heavy atom. The first-order valence-corrected chi connectivity index (χ1v) is 7.23. The van der Waals surface area contributed by atoms with E-state index < -0.39 is 5.97 Å². The van der Waals surface area contributed by atoms with E-state index >= 15 is 0 Å². The van der Waals surface area contributed by atoms with Crippen molar-refractivity contribution in [2.24, 2.45) is 5.92 Å². The Morgan fingerprint density at radius 1 is 1.35 bits per heavy atom. The fourth-order valence-corrected chi connectivity index (χ4v) is 2.64. The number of rotatable bonds is 3. The Kier molecular flexibility index (Phi) is 3.98. The highest BCUT2D eigenvalue weighted by atomic mass is 19.1. The van der Waals surface area contributed by atoms with Gasteiger partial charge < -0.3 is 14.4 Å². The number of aliphatic carboxylic acids is 1. The van der Waals surface area contributed by atoms with E-state index in [-0.39, 0.29) is 23.3 Å². The van der Waals surface area contributed by atoms with Crippen molar-refractivity contribution in [3.8, 4) is 17.5 Å². The molecular formula is C16H14FN3O3. The van der Waals surface area contributed by atoms with Gasteiger partial charge in [0.1, 0.15) is 11.9 Å². The van der Waals surface area contributed by atoms with E-state index in [1.54, 1.807) is 0 Å². The summed E-state index contributed by atoms with van der Waals surface area (Å²) in [4.78, 5) is 17.0. The zero-order valence-corrected chi connectivity index (χ0v) is 12.2. The number of nitrogens with zero attached hydrogens (tertiary/aromatic N) is 3. The smallest absolute Gasteiger partial charge is 0.306 e. The molecule has 3 rings (SSSR count). The van der Waals surface area contributed by atoms with Crippen molar-refractivity contribution in [2.45, 2.75) is 12.8 Å². The van der Waals surface area contributed by atoms with E-state index in [1.165, 1.54) is 24.3 Å². The van der Waals surface area contributed by atoms with E-state index in [0.29, 0.717) is 37.4 Å². The first-order valence-electron chi connectivity index (χ1n) is 7.23. The van der Waals surface area contributed by atoms with Crippen LogP contribution in [0.15, 0.2) is 28.7 Å². The fourth-order valence-electron chi connectivity index (χ4n) is 2.64. The van der Waals surface area contributed by atoms with Gasteiger partial charge in [0.15, 0.2) is 0 Å². The highest BCUT2D eigenvalue weighted by Crippen LogP contribution is 2.31. The molecule has 0 spiro atoms. The summed E-state index contributed by atoms with van der Waals surface area (Å²) in [6.07, 6.45) is 0.986. The van der Waals surface area contributed by atoms with Crippen LogP contribution in [0.4, 0.5) is 10.3 Å². The van der Waals surface area contributed by atoms with Gasteiger partial charge in [-0.3, -0.25) is 4.79 Å². The molecule has 1 aromatic heterocycles. The lowest BCUT2D eigenvalue weighted by Gasteiger charge is -2.29. The van der Waals surface area contributed by atoms with Gasteiger partial charge in [-0.1, -0.05) is 0 Å². The molecule has 118 valence electrons. The summed E-state index contributed by atoms with van der Waals surface area (Å²) in [6, 6.07) is 7.64. The Morgan fingerprint density at radius 3 is 2.57 bits per heavy atom. The van der Waals surface area contributed by atoms with E-state index in [1.807, 2.05) is 11.0 Å². The third kappa shape index (κ3) is 3.01. The molecule has 1 aliphatic heterocycles. The van der Waals surface area contributed by atoms with Crippen LogP contribution in [0, 0.1) is 23.1 Å². The van der Waals surface area contributed by atoms with Crippen LogP contribution in [-0.4, -0.2) is 29.1 Å². The average Bonchev–Trinajstić information content (AvgIpc) is 3.00. The molecule has 1 aliphatic rings. The molecule has 0 saturated carbocycles. The van der Waals surface area contributed by atoms with E-state index in [2.05, 4.69) is 4.98 Å². The second-order valence-electron chi connectivity index (χ2n) is 5.39. The summed E-state index contributed by atoms with van der Waals surface area (Å²) in [7, 11) is 0. The molecule has 7 heteroatoms. The van der Waals surface area contributed by atoms with E-state index in [4.69, 9.17) is 9.52 Å². The van der Waals surface area contributed by atoms with Crippen LogP contribution >= 0.6 is 0 Å². The number of oxazole rings is 1. The quantitative estimate of drug-likeness (QED) is 0.936. The highest BCUT2D eigenvalue weighted by molar-refractivity contribution is 5.70. The predicted molar refractivity (Wildman–Crippen MR) is 79.2 cm³/mol. The minimum Gasteiger partial charge on any atom is -0.481 e. The maximum absolute atomic E-state index is 13.0. The minimum absolute atomic E-state index is 0.151. The molecule has 1 fully saturated rings. The molecule has 2 heterocycles. The molecule has 0 aliphatic carbocycles. The molecular weight excluding hydrogens is 301 g/mol. The standard InChI is InChI=1S/C16H14FN3O3/c17-12-3-1-10(2-4-12)14-19-13(9-18)15(23-14)20-7-5-11(6-8-20)16(21)22/h1-4,11H,5-8H2,(H,21,22). The second-order valence-corrected chi connectivity index (χ2v) is 5.39. The molecule has 0 amide bonds. The van der Waals surface area contributed by atoms with Gasteiger partial charge in [-0.15, -0.1) is 0 Å². The number of carboxylic acids is 1. The van der Waals surface area contributed by atoms with Crippen LogP contribution in [-0.2, 0) is 4.79 Å². The summed E-state index contributed by atoms with van der Waals surface area (Å²) in [5.41, 5.74) is 0.729. The van der Waals surface area contributed by atoms with Gasteiger partial charge >= 0.3 is 5.97 Å². The maximum atomic E-state index is 13.0. The largest absolute Gasteiger partial charge is 0.481 e. The summed E-state index contributed by atoms with van der Waals surface area (Å²) in [5, 5.41) is 18.3. The predicted octanol–water partition coefficient (Wildman–Crippen LogP) is 2.65. The Hall–Kier alpha value is -2.88. The number of benzene rings is 1. The van der Waals surface area contributed by atoms with Gasteiger partial charge in [0.2, 0.25) is 17.5 Å². The Labute approximate surface area is 131 Å². The van der Waals surface area contributed by atoms with E-state index in [9.17, 15) is 14.4 Å². The molecule has 1 N–H and O–H groups in total. The van der Waals surface area contributed by atoms with Crippen LogP contribution in [0.2, 0.25) is 0 Å². The number of hydrogen-bond donors (Lipinski definition) is 1. The molecule has 1 aromatic carbocycles. The monoisotopic (exact) mass is 315 g/mol. The van der Waals surface area contributed by atoms with Crippen LogP contribution in [0.1, 0.15) is 18.5 Å². The highest BCUT2D eigenvalue weighted by Gasteiger charge is 2.28.